The van der Waals surface area contributed by atoms with E-state index in [4.69, 9.17) is 4.42 Å². The molecule has 10 aromatic carbocycles. The van der Waals surface area contributed by atoms with Crippen molar-refractivity contribution in [3.05, 3.63) is 259 Å². The van der Waals surface area contributed by atoms with Gasteiger partial charge in [0.05, 0.1) is 5.41 Å². The molecule has 11 aromatic rings. The Morgan fingerprint density at radius 1 is 0.295 bits per heavy atom. The van der Waals surface area contributed by atoms with Crippen molar-refractivity contribution >= 4 is 49.8 Å². The molecule has 0 bridgehead atoms. The van der Waals surface area contributed by atoms with E-state index in [2.05, 4.69) is 229 Å². The van der Waals surface area contributed by atoms with Crippen molar-refractivity contribution in [3.8, 4) is 33.4 Å². The first kappa shape index (κ1) is 35.0. The third kappa shape index (κ3) is 5.50. The van der Waals surface area contributed by atoms with Crippen LogP contribution in [0.5, 0.6) is 0 Å². The number of rotatable bonds is 7. The Hall–Kier alpha value is -7.94. The lowest BCUT2D eigenvalue weighted by molar-refractivity contribution is 0.672. The van der Waals surface area contributed by atoms with Crippen LogP contribution in [0, 0.1) is 0 Å². The van der Waals surface area contributed by atoms with Crippen LogP contribution in [-0.4, -0.2) is 0 Å². The van der Waals surface area contributed by atoms with Crippen molar-refractivity contribution in [3.63, 3.8) is 0 Å². The summed E-state index contributed by atoms with van der Waals surface area (Å²) in [5.41, 5.74) is 17.1. The Labute approximate surface area is 355 Å². The Bertz CT molecular complexity index is 3340. The van der Waals surface area contributed by atoms with E-state index >= 15 is 0 Å². The van der Waals surface area contributed by atoms with E-state index in [1.165, 1.54) is 55.5 Å². The zero-order valence-electron chi connectivity index (χ0n) is 33.4. The molecular formula is C59H39NO. The summed E-state index contributed by atoms with van der Waals surface area (Å²) in [5.74, 6) is 0. The molecule has 286 valence electrons. The zero-order valence-corrected chi connectivity index (χ0v) is 33.4. The van der Waals surface area contributed by atoms with Crippen LogP contribution in [0.25, 0.3) is 66.1 Å². The Morgan fingerprint density at radius 2 is 0.754 bits per heavy atom. The molecule has 61 heavy (non-hydrogen) atoms. The molecule has 0 radical (unpaired) electrons. The van der Waals surface area contributed by atoms with Gasteiger partial charge in [0.1, 0.15) is 11.2 Å². The molecule has 0 atom stereocenters. The molecular weight excluding hydrogens is 739 g/mol. The number of nitrogens with zero attached hydrogens (tertiary/aromatic N) is 1. The fraction of sp³-hybridized carbons (Fsp3) is 0.0169. The smallest absolute Gasteiger partial charge is 0.143 e. The third-order valence-electron chi connectivity index (χ3n) is 12.8. The first-order chi connectivity index (χ1) is 30.3. The maximum Gasteiger partial charge on any atom is 0.143 e. The predicted octanol–water partition coefficient (Wildman–Crippen LogP) is 15.9. The molecule has 1 heterocycles. The number of para-hydroxylation sites is 1. The maximum absolute atomic E-state index is 6.44. The van der Waals surface area contributed by atoms with Gasteiger partial charge in [-0.1, -0.05) is 188 Å². The van der Waals surface area contributed by atoms with Gasteiger partial charge in [-0.05, 0) is 110 Å². The molecule has 1 aliphatic rings. The Kier molecular flexibility index (Phi) is 8.11. The molecule has 12 rings (SSSR count). The molecule has 0 saturated carbocycles. The van der Waals surface area contributed by atoms with Crippen molar-refractivity contribution in [2.45, 2.75) is 5.41 Å². The molecule has 0 fully saturated rings. The quantitative estimate of drug-likeness (QED) is 0.160. The van der Waals surface area contributed by atoms with E-state index < -0.39 is 5.41 Å². The van der Waals surface area contributed by atoms with Gasteiger partial charge in [-0.2, -0.15) is 0 Å². The minimum atomic E-state index is -0.455. The minimum Gasteiger partial charge on any atom is -0.455 e. The highest BCUT2D eigenvalue weighted by Gasteiger charge is 2.45. The van der Waals surface area contributed by atoms with Gasteiger partial charge < -0.3 is 9.32 Å². The fourth-order valence-corrected chi connectivity index (χ4v) is 10.0. The van der Waals surface area contributed by atoms with Crippen LogP contribution in [0.3, 0.4) is 0 Å². The first-order valence-corrected chi connectivity index (χ1v) is 21.0. The third-order valence-corrected chi connectivity index (χ3v) is 12.8. The SMILES string of the molecule is c1ccc(-c2ccc(N(c3ccc(-c4cccc5c4ccc4c6ccccc6oc54)cc3)c3ccc(C4(c5ccccc5)c5ccccc5-c5ccccc54)cc3)cc2)cc1. The summed E-state index contributed by atoms with van der Waals surface area (Å²) in [4.78, 5) is 2.37. The van der Waals surface area contributed by atoms with Gasteiger partial charge in [-0.15, -0.1) is 0 Å². The first-order valence-electron chi connectivity index (χ1n) is 21.0. The molecule has 2 heteroatoms. The van der Waals surface area contributed by atoms with E-state index in [0.29, 0.717) is 0 Å². The topological polar surface area (TPSA) is 16.4 Å². The molecule has 0 saturated heterocycles. The molecule has 2 nitrogen and oxygen atoms in total. The van der Waals surface area contributed by atoms with Crippen molar-refractivity contribution in [2.75, 3.05) is 4.90 Å². The van der Waals surface area contributed by atoms with Gasteiger partial charge in [0.25, 0.3) is 0 Å². The summed E-state index contributed by atoms with van der Waals surface area (Å²) in [7, 11) is 0. The number of hydrogen-bond donors (Lipinski definition) is 0. The van der Waals surface area contributed by atoms with E-state index in [9.17, 15) is 0 Å². The predicted molar refractivity (Wildman–Crippen MR) is 254 cm³/mol. The number of furan rings is 1. The Balaban J connectivity index is 0.982. The summed E-state index contributed by atoms with van der Waals surface area (Å²) in [5, 5.41) is 4.59. The van der Waals surface area contributed by atoms with Gasteiger partial charge in [-0.3, -0.25) is 0 Å². The molecule has 0 spiro atoms. The maximum atomic E-state index is 6.44. The van der Waals surface area contributed by atoms with Gasteiger partial charge in [0, 0.05) is 33.2 Å². The number of benzene rings is 10. The van der Waals surface area contributed by atoms with Crippen LogP contribution in [0.4, 0.5) is 17.1 Å². The summed E-state index contributed by atoms with van der Waals surface area (Å²) in [6.45, 7) is 0. The normalized spacial score (nSPS) is 12.7. The Morgan fingerprint density at radius 3 is 1.43 bits per heavy atom. The molecule has 0 unspecified atom stereocenters. The van der Waals surface area contributed by atoms with Crippen molar-refractivity contribution < 1.29 is 4.42 Å². The summed E-state index contributed by atoms with van der Waals surface area (Å²) in [6.07, 6.45) is 0. The van der Waals surface area contributed by atoms with Crippen LogP contribution in [0.15, 0.2) is 241 Å². The lowest BCUT2D eigenvalue weighted by Crippen LogP contribution is -2.28. The zero-order chi connectivity index (χ0) is 40.3. The number of anilines is 3. The van der Waals surface area contributed by atoms with Crippen molar-refractivity contribution in [1.82, 2.24) is 0 Å². The second-order valence-corrected chi connectivity index (χ2v) is 16.0. The number of fused-ring (bicyclic) bond motifs is 8. The second kappa shape index (κ2) is 14.1. The summed E-state index contributed by atoms with van der Waals surface area (Å²) >= 11 is 0. The van der Waals surface area contributed by atoms with Gasteiger partial charge in [0.15, 0.2) is 0 Å². The minimum absolute atomic E-state index is 0.455. The van der Waals surface area contributed by atoms with E-state index in [1.54, 1.807) is 0 Å². The van der Waals surface area contributed by atoms with E-state index in [0.717, 1.165) is 50.0 Å². The molecule has 1 aliphatic carbocycles. The van der Waals surface area contributed by atoms with Gasteiger partial charge in [0.2, 0.25) is 0 Å². The molecule has 0 N–H and O–H groups in total. The van der Waals surface area contributed by atoms with Crippen LogP contribution < -0.4 is 4.90 Å². The standard InChI is InChI=1S/C59H39NO/c1-3-14-40(15-4-1)41-26-32-45(33-27-41)60(46-34-28-42(29-35-46)48-21-13-22-53-49(48)38-39-54-52-20-9-12-25-57(52)61-58(53)54)47-36-30-44(31-37-47)59(43-16-5-2-6-17-43)55-23-10-7-18-50(55)51-19-8-11-24-56(51)59/h1-39H. The van der Waals surface area contributed by atoms with Gasteiger partial charge in [-0.25, -0.2) is 0 Å². The highest BCUT2D eigenvalue weighted by Crippen LogP contribution is 2.56. The highest BCUT2D eigenvalue weighted by molar-refractivity contribution is 6.17. The largest absolute Gasteiger partial charge is 0.455 e. The average Bonchev–Trinajstić information content (AvgIpc) is 3.87. The lowest BCUT2D eigenvalue weighted by Gasteiger charge is -2.34. The monoisotopic (exact) mass is 777 g/mol. The molecule has 1 aromatic heterocycles. The fourth-order valence-electron chi connectivity index (χ4n) is 10.0. The summed E-state index contributed by atoms with van der Waals surface area (Å²) in [6, 6.07) is 85.9. The summed E-state index contributed by atoms with van der Waals surface area (Å²) < 4.78 is 6.44. The lowest BCUT2D eigenvalue weighted by atomic mass is 9.68. The van der Waals surface area contributed by atoms with Crippen LogP contribution in [0.2, 0.25) is 0 Å². The molecule has 0 amide bonds. The van der Waals surface area contributed by atoms with Crippen molar-refractivity contribution in [1.29, 1.82) is 0 Å². The van der Waals surface area contributed by atoms with Crippen molar-refractivity contribution in [2.24, 2.45) is 0 Å². The average molecular weight is 778 g/mol. The highest BCUT2D eigenvalue weighted by atomic mass is 16.3. The molecule has 0 aliphatic heterocycles. The van der Waals surface area contributed by atoms with Crippen LogP contribution in [0.1, 0.15) is 22.3 Å². The van der Waals surface area contributed by atoms with E-state index in [-0.39, 0.29) is 0 Å². The van der Waals surface area contributed by atoms with Crippen LogP contribution >= 0.6 is 0 Å². The van der Waals surface area contributed by atoms with Gasteiger partial charge >= 0.3 is 0 Å². The van der Waals surface area contributed by atoms with E-state index in [1.807, 2.05) is 12.1 Å². The number of hydrogen-bond acceptors (Lipinski definition) is 2. The second-order valence-electron chi connectivity index (χ2n) is 16.0. The van der Waals surface area contributed by atoms with Crippen LogP contribution in [-0.2, 0) is 5.41 Å².